The van der Waals surface area contributed by atoms with Crippen LogP contribution in [0.4, 0.5) is 8.78 Å². The fourth-order valence-electron chi connectivity index (χ4n) is 0.954. The molecule has 0 saturated carbocycles. The van der Waals surface area contributed by atoms with E-state index in [4.69, 9.17) is 5.11 Å². The van der Waals surface area contributed by atoms with Crippen molar-refractivity contribution in [2.24, 2.45) is 0 Å². The highest BCUT2D eigenvalue weighted by Crippen LogP contribution is 2.27. The summed E-state index contributed by atoms with van der Waals surface area (Å²) in [4.78, 5) is 0. The van der Waals surface area contributed by atoms with E-state index in [0.717, 1.165) is 5.56 Å². The van der Waals surface area contributed by atoms with Gasteiger partial charge in [0.15, 0.2) is 0 Å². The Balaban J connectivity index is 2.98. The lowest BCUT2D eigenvalue weighted by atomic mass is 10.1. The van der Waals surface area contributed by atoms with Crippen LogP contribution in [0.2, 0.25) is 0 Å². The number of aliphatic hydroxyl groups excluding tert-OH is 1. The topological polar surface area (TPSA) is 20.2 Å². The third kappa shape index (κ3) is 2.12. The number of halogens is 2. The molecule has 1 N–H and O–H groups in total. The summed E-state index contributed by atoms with van der Waals surface area (Å²) in [6.45, 7) is 2.34. The van der Waals surface area contributed by atoms with Gasteiger partial charge in [-0.05, 0) is 5.56 Å². The highest BCUT2D eigenvalue weighted by atomic mass is 19.3. The van der Waals surface area contributed by atoms with Gasteiger partial charge < -0.3 is 5.11 Å². The molecule has 1 rings (SSSR count). The molecule has 0 spiro atoms. The van der Waals surface area contributed by atoms with Gasteiger partial charge in [0, 0.05) is 5.56 Å². The quantitative estimate of drug-likeness (QED) is 0.764. The first kappa shape index (κ1) is 9.86. The lowest BCUT2D eigenvalue weighted by Gasteiger charge is -2.13. The number of rotatable bonds is 3. The van der Waals surface area contributed by atoms with Gasteiger partial charge in [-0.1, -0.05) is 36.9 Å². The van der Waals surface area contributed by atoms with Crippen LogP contribution in [-0.2, 0) is 5.92 Å². The van der Waals surface area contributed by atoms with Gasteiger partial charge >= 0.3 is 0 Å². The molecule has 0 aliphatic heterocycles. The van der Waals surface area contributed by atoms with Crippen LogP contribution in [0.1, 0.15) is 11.1 Å². The fraction of sp³-hybridized carbons (Fsp3) is 0.200. The van der Waals surface area contributed by atoms with Crippen molar-refractivity contribution < 1.29 is 13.9 Å². The molecule has 0 fully saturated rings. The van der Waals surface area contributed by atoms with Crippen LogP contribution in [0.25, 0.3) is 6.08 Å². The van der Waals surface area contributed by atoms with Crippen molar-refractivity contribution in [3.63, 3.8) is 0 Å². The summed E-state index contributed by atoms with van der Waals surface area (Å²) in [6.07, 6.45) is 1.57. The highest BCUT2D eigenvalue weighted by molar-refractivity contribution is 5.47. The van der Waals surface area contributed by atoms with E-state index in [1.807, 2.05) is 0 Å². The van der Waals surface area contributed by atoms with Crippen LogP contribution in [0, 0.1) is 0 Å². The number of benzene rings is 1. The van der Waals surface area contributed by atoms with Crippen LogP contribution >= 0.6 is 0 Å². The zero-order chi connectivity index (χ0) is 9.90. The molecule has 0 saturated heterocycles. The van der Waals surface area contributed by atoms with Crippen LogP contribution in [0.15, 0.2) is 30.8 Å². The molecule has 70 valence electrons. The second kappa shape index (κ2) is 3.66. The van der Waals surface area contributed by atoms with Gasteiger partial charge in [0.2, 0.25) is 0 Å². The molecular formula is C10H10F2O. The average molecular weight is 184 g/mol. The largest absolute Gasteiger partial charge is 0.390 e. The summed E-state index contributed by atoms with van der Waals surface area (Å²) in [5, 5.41) is 8.40. The van der Waals surface area contributed by atoms with E-state index in [1.165, 1.54) is 24.3 Å². The Hall–Kier alpha value is -1.22. The summed E-state index contributed by atoms with van der Waals surface area (Å²) < 4.78 is 25.7. The molecule has 0 bridgehead atoms. The smallest absolute Gasteiger partial charge is 0.295 e. The molecule has 0 aliphatic rings. The lowest BCUT2D eigenvalue weighted by molar-refractivity contribution is -0.0556. The average Bonchev–Trinajstić information content (AvgIpc) is 2.18. The third-order valence-corrected chi connectivity index (χ3v) is 1.77. The lowest BCUT2D eigenvalue weighted by Crippen LogP contribution is -2.18. The maximum absolute atomic E-state index is 12.8. The van der Waals surface area contributed by atoms with Gasteiger partial charge in [0.1, 0.15) is 6.61 Å². The predicted octanol–water partition coefficient (Wildman–Crippen LogP) is 2.41. The van der Waals surface area contributed by atoms with E-state index >= 15 is 0 Å². The summed E-state index contributed by atoms with van der Waals surface area (Å²) in [7, 11) is 0. The molecule has 3 heteroatoms. The van der Waals surface area contributed by atoms with Gasteiger partial charge in [0.25, 0.3) is 5.92 Å². The van der Waals surface area contributed by atoms with Crippen LogP contribution in [0.5, 0.6) is 0 Å². The van der Waals surface area contributed by atoms with Gasteiger partial charge in [-0.15, -0.1) is 0 Å². The van der Waals surface area contributed by atoms with Crippen LogP contribution < -0.4 is 0 Å². The zero-order valence-electron chi connectivity index (χ0n) is 7.00. The fourth-order valence-corrected chi connectivity index (χ4v) is 0.954. The maximum atomic E-state index is 12.8. The molecule has 0 aliphatic carbocycles. The highest BCUT2D eigenvalue weighted by Gasteiger charge is 2.29. The first-order valence-corrected chi connectivity index (χ1v) is 3.82. The van der Waals surface area contributed by atoms with E-state index in [1.54, 1.807) is 6.08 Å². The summed E-state index contributed by atoms with van der Waals surface area (Å²) in [5.41, 5.74) is 0.595. The first-order chi connectivity index (χ1) is 6.10. The van der Waals surface area contributed by atoms with Crippen LogP contribution in [-0.4, -0.2) is 11.7 Å². The monoisotopic (exact) mass is 184 g/mol. The van der Waals surface area contributed by atoms with E-state index in [-0.39, 0.29) is 5.56 Å². The van der Waals surface area contributed by atoms with Gasteiger partial charge in [-0.2, -0.15) is 8.78 Å². The number of alkyl halides is 2. The molecule has 0 heterocycles. The van der Waals surface area contributed by atoms with Gasteiger partial charge in [0.05, 0.1) is 0 Å². The molecule has 1 aromatic carbocycles. The maximum Gasteiger partial charge on any atom is 0.295 e. The molecule has 13 heavy (non-hydrogen) atoms. The standard InChI is InChI=1S/C10H10F2O/c1-2-8-3-5-9(6-4-8)10(11,12)7-13/h2-6,13H,1,7H2. The molecular weight excluding hydrogens is 174 g/mol. The number of aliphatic hydroxyl groups is 1. The SMILES string of the molecule is C=Cc1ccc(C(F)(F)CO)cc1. The Kier molecular flexibility index (Phi) is 2.78. The number of hydrogen-bond acceptors (Lipinski definition) is 1. The number of hydrogen-bond donors (Lipinski definition) is 1. The van der Waals surface area contributed by atoms with E-state index in [9.17, 15) is 8.78 Å². The minimum absolute atomic E-state index is 0.180. The van der Waals surface area contributed by atoms with Crippen molar-refractivity contribution in [3.8, 4) is 0 Å². The molecule has 0 unspecified atom stereocenters. The van der Waals surface area contributed by atoms with E-state index in [0.29, 0.717) is 0 Å². The minimum atomic E-state index is -3.15. The molecule has 1 aromatic rings. The predicted molar refractivity (Wildman–Crippen MR) is 47.5 cm³/mol. The van der Waals surface area contributed by atoms with Gasteiger partial charge in [-0.3, -0.25) is 0 Å². The first-order valence-electron chi connectivity index (χ1n) is 3.82. The van der Waals surface area contributed by atoms with Crippen molar-refractivity contribution in [1.82, 2.24) is 0 Å². The van der Waals surface area contributed by atoms with Gasteiger partial charge in [-0.25, -0.2) is 0 Å². The van der Waals surface area contributed by atoms with Crippen molar-refractivity contribution >= 4 is 6.08 Å². The summed E-state index contributed by atoms with van der Waals surface area (Å²) >= 11 is 0. The summed E-state index contributed by atoms with van der Waals surface area (Å²) in [6, 6.07) is 5.64. The molecule has 0 radical (unpaired) electrons. The minimum Gasteiger partial charge on any atom is -0.390 e. The van der Waals surface area contributed by atoms with E-state index < -0.39 is 12.5 Å². The van der Waals surface area contributed by atoms with Crippen LogP contribution in [0.3, 0.4) is 0 Å². The van der Waals surface area contributed by atoms with Crippen molar-refractivity contribution in [2.75, 3.05) is 6.61 Å². The molecule has 1 nitrogen and oxygen atoms in total. The molecule has 0 aromatic heterocycles. The molecule has 0 atom stereocenters. The van der Waals surface area contributed by atoms with Crippen molar-refractivity contribution in [1.29, 1.82) is 0 Å². The Morgan fingerprint density at radius 2 is 1.85 bits per heavy atom. The second-order valence-electron chi connectivity index (χ2n) is 2.69. The third-order valence-electron chi connectivity index (χ3n) is 1.77. The Bertz CT molecular complexity index is 290. The second-order valence-corrected chi connectivity index (χ2v) is 2.69. The molecule has 0 amide bonds. The van der Waals surface area contributed by atoms with E-state index in [2.05, 4.69) is 6.58 Å². The summed E-state index contributed by atoms with van der Waals surface area (Å²) in [5.74, 6) is -3.15. The van der Waals surface area contributed by atoms with Crippen molar-refractivity contribution in [3.05, 3.63) is 42.0 Å². The zero-order valence-corrected chi connectivity index (χ0v) is 7.00. The Morgan fingerprint density at radius 3 is 2.23 bits per heavy atom. The van der Waals surface area contributed by atoms with Crippen molar-refractivity contribution in [2.45, 2.75) is 5.92 Å². The Labute approximate surface area is 75.3 Å². The normalized spacial score (nSPS) is 11.3. The Morgan fingerprint density at radius 1 is 1.31 bits per heavy atom.